The second-order valence-corrected chi connectivity index (χ2v) is 10.7. The van der Waals surface area contributed by atoms with Gasteiger partial charge in [-0.05, 0) is 56.2 Å². The van der Waals surface area contributed by atoms with Crippen LogP contribution in [0.4, 0.5) is 5.69 Å². The van der Waals surface area contributed by atoms with Crippen molar-refractivity contribution in [1.82, 2.24) is 4.31 Å². The zero-order valence-corrected chi connectivity index (χ0v) is 21.2. The number of carbonyl (C=O) groups excluding carboxylic acids is 3. The van der Waals surface area contributed by atoms with E-state index in [9.17, 15) is 22.8 Å². The molecule has 1 fully saturated rings. The van der Waals surface area contributed by atoms with Crippen LogP contribution >= 0.6 is 0 Å². The minimum absolute atomic E-state index is 0.105. The minimum atomic E-state index is -3.64. The lowest BCUT2D eigenvalue weighted by Crippen LogP contribution is -2.35. The molecule has 1 saturated heterocycles. The van der Waals surface area contributed by atoms with Gasteiger partial charge in [0.15, 0.2) is 5.78 Å². The van der Waals surface area contributed by atoms with Gasteiger partial charge in [0, 0.05) is 29.9 Å². The number of carbonyl (C=O) groups is 3. The maximum atomic E-state index is 13.2. The highest BCUT2D eigenvalue weighted by molar-refractivity contribution is 7.89. The van der Waals surface area contributed by atoms with Gasteiger partial charge < -0.3 is 10.1 Å². The molecule has 1 aliphatic heterocycles. The third-order valence-corrected chi connectivity index (χ3v) is 8.06. The molecular formula is C28H28N2O6S. The van der Waals surface area contributed by atoms with Crippen LogP contribution in [0.25, 0.3) is 0 Å². The summed E-state index contributed by atoms with van der Waals surface area (Å²) in [5, 5.41) is 2.70. The van der Waals surface area contributed by atoms with Gasteiger partial charge in [-0.15, -0.1) is 0 Å². The molecular weight excluding hydrogens is 492 g/mol. The Balaban J connectivity index is 1.52. The number of sulfonamides is 1. The summed E-state index contributed by atoms with van der Waals surface area (Å²) in [5.41, 5.74) is 1.40. The first kappa shape index (κ1) is 26.2. The van der Waals surface area contributed by atoms with E-state index >= 15 is 0 Å². The Hall–Kier alpha value is -3.82. The van der Waals surface area contributed by atoms with E-state index in [-0.39, 0.29) is 16.2 Å². The van der Waals surface area contributed by atoms with Crippen molar-refractivity contribution in [3.63, 3.8) is 0 Å². The van der Waals surface area contributed by atoms with Crippen molar-refractivity contribution in [3.05, 3.63) is 95.6 Å². The maximum Gasteiger partial charge on any atom is 0.339 e. The van der Waals surface area contributed by atoms with Crippen LogP contribution in [0.1, 0.15) is 58.6 Å². The first-order valence-electron chi connectivity index (χ1n) is 12.0. The zero-order chi connectivity index (χ0) is 26.4. The Morgan fingerprint density at radius 1 is 0.838 bits per heavy atom. The van der Waals surface area contributed by atoms with Gasteiger partial charge in [-0.3, -0.25) is 9.59 Å². The molecule has 0 spiro atoms. The summed E-state index contributed by atoms with van der Waals surface area (Å²) in [5.74, 6) is -1.51. The van der Waals surface area contributed by atoms with Crippen molar-refractivity contribution < 1.29 is 27.5 Å². The molecule has 0 saturated carbocycles. The van der Waals surface area contributed by atoms with Gasteiger partial charge in [0.2, 0.25) is 16.1 Å². The van der Waals surface area contributed by atoms with E-state index in [0.29, 0.717) is 29.9 Å². The second kappa shape index (κ2) is 11.5. The molecule has 37 heavy (non-hydrogen) atoms. The largest absolute Gasteiger partial charge is 0.444 e. The molecule has 1 amide bonds. The predicted molar refractivity (Wildman–Crippen MR) is 139 cm³/mol. The highest BCUT2D eigenvalue weighted by atomic mass is 32.2. The molecule has 0 aliphatic carbocycles. The van der Waals surface area contributed by atoms with Crippen molar-refractivity contribution in [3.8, 4) is 0 Å². The van der Waals surface area contributed by atoms with Gasteiger partial charge in [0.05, 0.1) is 10.5 Å². The van der Waals surface area contributed by atoms with E-state index in [0.717, 1.165) is 19.3 Å². The number of nitrogens with zero attached hydrogens (tertiary/aromatic N) is 1. The number of hydrogen-bond donors (Lipinski definition) is 1. The number of hydrogen-bond acceptors (Lipinski definition) is 6. The predicted octanol–water partition coefficient (Wildman–Crippen LogP) is 4.60. The van der Waals surface area contributed by atoms with Crippen molar-refractivity contribution in [2.75, 3.05) is 18.4 Å². The number of esters is 1. The third-order valence-electron chi connectivity index (χ3n) is 6.14. The highest BCUT2D eigenvalue weighted by Crippen LogP contribution is 2.24. The molecule has 1 heterocycles. The summed E-state index contributed by atoms with van der Waals surface area (Å²) >= 11 is 0. The van der Waals surface area contributed by atoms with Gasteiger partial charge in [-0.2, -0.15) is 4.31 Å². The lowest BCUT2D eigenvalue weighted by molar-refractivity contribution is -0.125. The average molecular weight is 521 g/mol. The molecule has 0 radical (unpaired) electrons. The number of benzene rings is 3. The summed E-state index contributed by atoms with van der Waals surface area (Å²) < 4.78 is 32.8. The number of rotatable bonds is 8. The number of amides is 1. The molecule has 0 bridgehead atoms. The van der Waals surface area contributed by atoms with Crippen LogP contribution in [0.3, 0.4) is 0 Å². The molecule has 0 aromatic heterocycles. The fraction of sp³-hybridized carbons (Fsp3) is 0.250. The highest BCUT2D eigenvalue weighted by Gasteiger charge is 2.28. The van der Waals surface area contributed by atoms with Gasteiger partial charge in [0.25, 0.3) is 5.91 Å². The van der Waals surface area contributed by atoms with Crippen LogP contribution in [-0.2, 0) is 19.6 Å². The molecule has 8 nitrogen and oxygen atoms in total. The SMILES string of the molecule is CC(=O)c1cccc(NC(=O)[C@H](OC(=O)c2ccc(S(=O)(=O)N3CCCCC3)cc2)c2ccccc2)c1. The summed E-state index contributed by atoms with van der Waals surface area (Å²) in [7, 11) is -3.64. The quantitative estimate of drug-likeness (QED) is 0.343. The minimum Gasteiger partial charge on any atom is -0.444 e. The van der Waals surface area contributed by atoms with E-state index < -0.39 is 28.0 Å². The van der Waals surface area contributed by atoms with Crippen LogP contribution in [0, 0.1) is 0 Å². The molecule has 1 aliphatic rings. The van der Waals surface area contributed by atoms with E-state index in [1.165, 1.54) is 35.5 Å². The van der Waals surface area contributed by atoms with Crippen molar-refractivity contribution in [1.29, 1.82) is 0 Å². The Morgan fingerprint density at radius 2 is 1.51 bits per heavy atom. The summed E-state index contributed by atoms with van der Waals surface area (Å²) in [4.78, 5) is 37.9. The van der Waals surface area contributed by atoms with Crippen molar-refractivity contribution in [2.24, 2.45) is 0 Å². The number of ether oxygens (including phenoxy) is 1. The monoisotopic (exact) mass is 520 g/mol. The molecule has 0 unspecified atom stereocenters. The standard InChI is InChI=1S/C28H28N2O6S/c1-20(31)23-11-8-12-24(19-23)29-27(32)26(21-9-4-2-5-10-21)36-28(33)22-13-15-25(16-14-22)37(34,35)30-17-6-3-7-18-30/h2,4-5,8-16,19,26H,3,6-7,17-18H2,1H3,(H,29,32)/t26-/m1/s1. The molecule has 3 aromatic rings. The third kappa shape index (κ3) is 6.31. The Kier molecular flexibility index (Phi) is 8.15. The maximum absolute atomic E-state index is 13.2. The van der Waals surface area contributed by atoms with E-state index in [2.05, 4.69) is 5.32 Å². The number of anilines is 1. The first-order chi connectivity index (χ1) is 17.8. The number of piperidine rings is 1. The smallest absolute Gasteiger partial charge is 0.339 e. The molecule has 3 aromatic carbocycles. The molecule has 192 valence electrons. The zero-order valence-electron chi connectivity index (χ0n) is 20.4. The van der Waals surface area contributed by atoms with Crippen LogP contribution in [-0.4, -0.2) is 43.5 Å². The fourth-order valence-corrected chi connectivity index (χ4v) is 5.63. The topological polar surface area (TPSA) is 110 Å². The number of Topliss-reactive ketones (excluding diaryl/α,β-unsaturated/α-hetero) is 1. The number of ketones is 1. The number of nitrogens with one attached hydrogen (secondary N) is 1. The van der Waals surface area contributed by atoms with Crippen LogP contribution < -0.4 is 5.32 Å². The lowest BCUT2D eigenvalue weighted by Gasteiger charge is -2.25. The Labute approximate surface area is 216 Å². The fourth-order valence-electron chi connectivity index (χ4n) is 4.12. The molecule has 4 rings (SSSR count). The first-order valence-corrected chi connectivity index (χ1v) is 13.5. The van der Waals surface area contributed by atoms with E-state index in [1.807, 2.05) is 0 Å². The Morgan fingerprint density at radius 3 is 2.16 bits per heavy atom. The molecule has 9 heteroatoms. The molecule has 1 atom stereocenters. The summed E-state index contributed by atoms with van der Waals surface area (Å²) in [6.45, 7) is 2.39. The summed E-state index contributed by atoms with van der Waals surface area (Å²) in [6, 6.07) is 20.5. The Bertz CT molecular complexity index is 1380. The molecule has 1 N–H and O–H groups in total. The van der Waals surface area contributed by atoms with Crippen LogP contribution in [0.15, 0.2) is 83.8 Å². The van der Waals surface area contributed by atoms with Gasteiger partial charge in [-0.25, -0.2) is 13.2 Å². The van der Waals surface area contributed by atoms with Crippen LogP contribution in [0.2, 0.25) is 0 Å². The normalized spacial score (nSPS) is 14.9. The van der Waals surface area contributed by atoms with Crippen LogP contribution in [0.5, 0.6) is 0 Å². The van der Waals surface area contributed by atoms with Crippen molar-refractivity contribution >= 4 is 33.4 Å². The lowest BCUT2D eigenvalue weighted by atomic mass is 10.1. The van der Waals surface area contributed by atoms with Gasteiger partial charge in [0.1, 0.15) is 0 Å². The van der Waals surface area contributed by atoms with Gasteiger partial charge >= 0.3 is 5.97 Å². The van der Waals surface area contributed by atoms with Gasteiger partial charge in [-0.1, -0.05) is 48.9 Å². The van der Waals surface area contributed by atoms with Crippen molar-refractivity contribution in [2.45, 2.75) is 37.2 Å². The average Bonchev–Trinajstić information content (AvgIpc) is 2.92. The van der Waals surface area contributed by atoms with E-state index in [4.69, 9.17) is 4.74 Å². The van der Waals surface area contributed by atoms with E-state index in [1.54, 1.807) is 54.6 Å². The summed E-state index contributed by atoms with van der Waals surface area (Å²) in [6.07, 6.45) is 1.39. The second-order valence-electron chi connectivity index (χ2n) is 8.81.